The number of nitrogens with one attached hydrogen (secondary N) is 1. The fourth-order valence-electron chi connectivity index (χ4n) is 2.84. The highest BCUT2D eigenvalue weighted by molar-refractivity contribution is 5.92. The number of hydrogen-bond donors (Lipinski definition) is 1. The highest BCUT2D eigenvalue weighted by Gasteiger charge is 2.30. The fourth-order valence-corrected chi connectivity index (χ4v) is 2.84. The number of hydrogen-bond acceptors (Lipinski definition) is 5. The van der Waals surface area contributed by atoms with Crippen molar-refractivity contribution in [1.29, 1.82) is 0 Å². The zero-order valence-electron chi connectivity index (χ0n) is 13.2. The van der Waals surface area contributed by atoms with Gasteiger partial charge < -0.3 is 10.2 Å². The first-order valence-corrected chi connectivity index (χ1v) is 7.78. The molecule has 6 heteroatoms. The number of likely N-dealkylation sites (N-methyl/N-ethyl adjacent to an activating group) is 1. The zero-order valence-corrected chi connectivity index (χ0v) is 13.2. The van der Waals surface area contributed by atoms with Gasteiger partial charge in [0.1, 0.15) is 11.5 Å². The van der Waals surface area contributed by atoms with Gasteiger partial charge >= 0.3 is 0 Å². The Kier molecular flexibility index (Phi) is 5.50. The van der Waals surface area contributed by atoms with Gasteiger partial charge in [-0.25, -0.2) is 9.97 Å². The molecule has 1 amide bonds. The van der Waals surface area contributed by atoms with Crippen LogP contribution >= 0.6 is 0 Å². The minimum Gasteiger partial charge on any atom is -0.369 e. The minimum atomic E-state index is -0.0137. The normalized spacial score (nSPS) is 18.3. The first-order chi connectivity index (χ1) is 10.2. The number of nitrogens with zero attached hydrogens (tertiary/aromatic N) is 4. The third kappa shape index (κ3) is 3.69. The second-order valence-corrected chi connectivity index (χ2v) is 5.23. The van der Waals surface area contributed by atoms with E-state index in [1.807, 2.05) is 11.8 Å². The fraction of sp³-hybridized carbons (Fsp3) is 0.667. The molecule has 6 nitrogen and oxygen atoms in total. The third-order valence-corrected chi connectivity index (χ3v) is 4.01. The number of carbonyl (C=O) groups is 1. The van der Waals surface area contributed by atoms with Crippen molar-refractivity contribution in [3.05, 3.63) is 18.1 Å². The Morgan fingerprint density at radius 3 is 2.67 bits per heavy atom. The topological polar surface area (TPSA) is 61.4 Å². The van der Waals surface area contributed by atoms with Crippen molar-refractivity contribution >= 4 is 11.7 Å². The van der Waals surface area contributed by atoms with E-state index in [1.165, 1.54) is 0 Å². The highest BCUT2D eigenvalue weighted by atomic mass is 16.2. The average molecular weight is 291 g/mol. The number of amides is 1. The second kappa shape index (κ2) is 7.36. The van der Waals surface area contributed by atoms with Crippen LogP contribution in [0.2, 0.25) is 0 Å². The van der Waals surface area contributed by atoms with Gasteiger partial charge in [-0.3, -0.25) is 9.69 Å². The molecule has 0 bridgehead atoms. The summed E-state index contributed by atoms with van der Waals surface area (Å²) in [5.74, 6) is 0.691. The van der Waals surface area contributed by atoms with Crippen molar-refractivity contribution < 1.29 is 4.79 Å². The maximum absolute atomic E-state index is 12.4. The maximum Gasteiger partial charge on any atom is 0.274 e. The first kappa shape index (κ1) is 15.7. The third-order valence-electron chi connectivity index (χ3n) is 4.01. The van der Waals surface area contributed by atoms with E-state index < -0.39 is 0 Å². The van der Waals surface area contributed by atoms with Crippen LogP contribution in [-0.2, 0) is 0 Å². The summed E-state index contributed by atoms with van der Waals surface area (Å²) in [7, 11) is 0. The molecule has 1 N–H and O–H groups in total. The van der Waals surface area contributed by atoms with Crippen LogP contribution in [0.25, 0.3) is 0 Å². The van der Waals surface area contributed by atoms with Gasteiger partial charge in [0, 0.05) is 25.7 Å². The standard InChI is InChI=1S/C15H25N5O/c1-4-16-14-10-17-13(9-18-14)15(21)20-8-7-12(11-20)19(5-2)6-3/h9-10,12H,4-8,11H2,1-3H3,(H,16,18). The van der Waals surface area contributed by atoms with E-state index in [0.717, 1.165) is 39.1 Å². The number of anilines is 1. The quantitative estimate of drug-likeness (QED) is 0.860. The molecule has 1 unspecified atom stereocenters. The Labute approximate surface area is 126 Å². The van der Waals surface area contributed by atoms with Crippen molar-refractivity contribution in [2.75, 3.05) is 38.0 Å². The molecule has 1 saturated heterocycles. The Hall–Kier alpha value is -1.69. The molecule has 21 heavy (non-hydrogen) atoms. The van der Waals surface area contributed by atoms with E-state index >= 15 is 0 Å². The molecule has 2 rings (SSSR count). The molecule has 0 radical (unpaired) electrons. The summed E-state index contributed by atoms with van der Waals surface area (Å²) in [5, 5.41) is 3.08. The van der Waals surface area contributed by atoms with Gasteiger partial charge in [0.2, 0.25) is 0 Å². The molecule has 0 saturated carbocycles. The summed E-state index contributed by atoms with van der Waals surface area (Å²) in [6, 6.07) is 0.470. The molecule has 1 atom stereocenters. The van der Waals surface area contributed by atoms with Crippen LogP contribution in [0.1, 0.15) is 37.7 Å². The minimum absolute atomic E-state index is 0.0137. The molecule has 116 valence electrons. The SMILES string of the molecule is CCNc1cnc(C(=O)N2CCC(N(CC)CC)C2)cn1. The van der Waals surface area contributed by atoms with E-state index in [-0.39, 0.29) is 5.91 Å². The van der Waals surface area contributed by atoms with Crippen molar-refractivity contribution in [3.8, 4) is 0 Å². The summed E-state index contributed by atoms with van der Waals surface area (Å²) in [6.45, 7) is 10.8. The molecule has 2 heterocycles. The van der Waals surface area contributed by atoms with Crippen LogP contribution in [0.4, 0.5) is 5.82 Å². The number of likely N-dealkylation sites (tertiary alicyclic amines) is 1. The predicted molar refractivity (Wildman–Crippen MR) is 83.4 cm³/mol. The van der Waals surface area contributed by atoms with Gasteiger partial charge in [-0.05, 0) is 26.4 Å². The van der Waals surface area contributed by atoms with Crippen LogP contribution in [0.15, 0.2) is 12.4 Å². The summed E-state index contributed by atoms with van der Waals surface area (Å²) >= 11 is 0. The Morgan fingerprint density at radius 2 is 2.10 bits per heavy atom. The van der Waals surface area contributed by atoms with Gasteiger partial charge in [-0.2, -0.15) is 0 Å². The number of aromatic nitrogens is 2. The Balaban J connectivity index is 1.97. The monoisotopic (exact) mass is 291 g/mol. The van der Waals surface area contributed by atoms with Crippen molar-refractivity contribution in [1.82, 2.24) is 19.8 Å². The maximum atomic E-state index is 12.4. The first-order valence-electron chi connectivity index (χ1n) is 7.78. The molecule has 1 aromatic rings. The molecule has 1 aliphatic rings. The van der Waals surface area contributed by atoms with Gasteiger partial charge in [0.15, 0.2) is 0 Å². The molecular weight excluding hydrogens is 266 g/mol. The van der Waals surface area contributed by atoms with Crippen LogP contribution < -0.4 is 5.32 Å². The van der Waals surface area contributed by atoms with Gasteiger partial charge in [0.05, 0.1) is 12.4 Å². The van der Waals surface area contributed by atoms with E-state index in [0.29, 0.717) is 17.6 Å². The smallest absolute Gasteiger partial charge is 0.274 e. The summed E-state index contributed by atoms with van der Waals surface area (Å²) < 4.78 is 0. The van der Waals surface area contributed by atoms with Crippen molar-refractivity contribution in [2.45, 2.75) is 33.2 Å². The molecule has 0 aromatic carbocycles. The van der Waals surface area contributed by atoms with Gasteiger partial charge in [0.25, 0.3) is 5.91 Å². The molecular formula is C15H25N5O. The lowest BCUT2D eigenvalue weighted by molar-refractivity contribution is 0.0772. The number of carbonyl (C=O) groups excluding carboxylic acids is 1. The van der Waals surface area contributed by atoms with E-state index in [1.54, 1.807) is 12.4 Å². The Morgan fingerprint density at radius 1 is 1.33 bits per heavy atom. The van der Waals surface area contributed by atoms with Crippen LogP contribution in [0, 0.1) is 0 Å². The molecule has 1 aromatic heterocycles. The highest BCUT2D eigenvalue weighted by Crippen LogP contribution is 2.17. The summed E-state index contributed by atoms with van der Waals surface area (Å²) in [6.07, 6.45) is 4.22. The summed E-state index contributed by atoms with van der Waals surface area (Å²) in [4.78, 5) is 25.2. The number of rotatable bonds is 6. The van der Waals surface area contributed by atoms with Crippen LogP contribution in [0.3, 0.4) is 0 Å². The lowest BCUT2D eigenvalue weighted by atomic mass is 10.2. The second-order valence-electron chi connectivity index (χ2n) is 5.23. The van der Waals surface area contributed by atoms with E-state index in [2.05, 4.69) is 34.0 Å². The van der Waals surface area contributed by atoms with Crippen molar-refractivity contribution in [2.24, 2.45) is 0 Å². The lowest BCUT2D eigenvalue weighted by Crippen LogP contribution is -2.38. The lowest BCUT2D eigenvalue weighted by Gasteiger charge is -2.26. The molecule has 0 aliphatic carbocycles. The largest absolute Gasteiger partial charge is 0.369 e. The molecule has 1 aliphatic heterocycles. The Bertz CT molecular complexity index is 458. The van der Waals surface area contributed by atoms with Crippen LogP contribution in [0.5, 0.6) is 0 Å². The van der Waals surface area contributed by atoms with Crippen molar-refractivity contribution in [3.63, 3.8) is 0 Å². The van der Waals surface area contributed by atoms with E-state index in [4.69, 9.17) is 0 Å². The van der Waals surface area contributed by atoms with Crippen LogP contribution in [-0.4, -0.2) is 64.4 Å². The van der Waals surface area contributed by atoms with Gasteiger partial charge in [-0.1, -0.05) is 13.8 Å². The average Bonchev–Trinajstić information content (AvgIpc) is 2.99. The molecule has 1 fully saturated rings. The summed E-state index contributed by atoms with van der Waals surface area (Å²) in [5.41, 5.74) is 0.428. The molecule has 0 spiro atoms. The van der Waals surface area contributed by atoms with Gasteiger partial charge in [-0.15, -0.1) is 0 Å². The predicted octanol–water partition coefficient (Wildman–Crippen LogP) is 1.46. The van der Waals surface area contributed by atoms with E-state index in [9.17, 15) is 4.79 Å². The zero-order chi connectivity index (χ0) is 15.2.